The van der Waals surface area contributed by atoms with Gasteiger partial charge in [-0.1, -0.05) is 30.3 Å². The second kappa shape index (κ2) is 8.61. The number of likely N-dealkylation sites (tertiary alicyclic amines) is 1. The van der Waals surface area contributed by atoms with Crippen molar-refractivity contribution in [3.05, 3.63) is 60.2 Å². The minimum atomic E-state index is 0. The summed E-state index contributed by atoms with van der Waals surface area (Å²) in [5, 5.41) is 0. The smallest absolute Gasteiger partial charge is 0.256 e. The Hall–Kier alpha value is -1.60. The van der Waals surface area contributed by atoms with Crippen LogP contribution in [0.3, 0.4) is 0 Å². The van der Waals surface area contributed by atoms with E-state index in [0.717, 1.165) is 47.6 Å². The molecule has 2 heterocycles. The molecule has 0 N–H and O–H groups in total. The molecule has 5 heteroatoms. The van der Waals surface area contributed by atoms with Gasteiger partial charge in [-0.15, -0.1) is 0 Å². The highest BCUT2D eigenvalue weighted by Crippen LogP contribution is 2.31. The summed E-state index contributed by atoms with van der Waals surface area (Å²) in [6, 6.07) is 18.4. The molecule has 2 aromatic rings. The fourth-order valence-corrected chi connectivity index (χ4v) is 4.28. The average molecular weight is 477 g/mol. The first-order chi connectivity index (χ1) is 12.7. The van der Waals surface area contributed by atoms with Crippen LogP contribution < -0.4 is 28.9 Å². The maximum absolute atomic E-state index is 13.2. The van der Waals surface area contributed by atoms with Gasteiger partial charge in [0, 0.05) is 31.6 Å². The minimum absolute atomic E-state index is 0. The van der Waals surface area contributed by atoms with E-state index in [4.69, 9.17) is 0 Å². The number of halogens is 1. The molecule has 2 aromatic carbocycles. The zero-order chi connectivity index (χ0) is 18.0. The zero-order valence-electron chi connectivity index (χ0n) is 16.0. The standard InChI is InChI=1S/C22H28N3O.HI/c1-25(16-7-8-17-25)18-15-23-13-14-24(19-9-3-2-4-10-19)21-12-6-5-11-20(21)22(23)26;/h2-6,9-12H,7-8,13-18H2,1H3;1H/q+1;/p-1. The van der Waals surface area contributed by atoms with Gasteiger partial charge in [-0.2, -0.15) is 0 Å². The van der Waals surface area contributed by atoms with Gasteiger partial charge in [0.05, 0.1) is 44.5 Å². The Morgan fingerprint density at radius 2 is 1.59 bits per heavy atom. The highest BCUT2D eigenvalue weighted by molar-refractivity contribution is 6.01. The number of nitrogens with zero attached hydrogens (tertiary/aromatic N) is 3. The first-order valence-electron chi connectivity index (χ1n) is 9.71. The third kappa shape index (κ3) is 4.29. The van der Waals surface area contributed by atoms with Crippen molar-refractivity contribution in [2.75, 3.05) is 51.2 Å². The molecule has 0 radical (unpaired) electrons. The summed E-state index contributed by atoms with van der Waals surface area (Å²) in [6.45, 7) is 5.98. The molecule has 1 amide bonds. The van der Waals surface area contributed by atoms with Crippen molar-refractivity contribution in [1.82, 2.24) is 4.90 Å². The van der Waals surface area contributed by atoms with Crippen LogP contribution in [0.15, 0.2) is 54.6 Å². The lowest BCUT2D eigenvalue weighted by atomic mass is 10.1. The predicted molar refractivity (Wildman–Crippen MR) is 106 cm³/mol. The van der Waals surface area contributed by atoms with Gasteiger partial charge in [0.25, 0.3) is 5.91 Å². The molecule has 0 bridgehead atoms. The molecule has 0 saturated carbocycles. The zero-order valence-corrected chi connectivity index (χ0v) is 18.1. The summed E-state index contributed by atoms with van der Waals surface area (Å²) in [5.41, 5.74) is 2.99. The predicted octanol–water partition coefficient (Wildman–Crippen LogP) is 0.525. The lowest BCUT2D eigenvalue weighted by Crippen LogP contribution is -3.00. The largest absolute Gasteiger partial charge is 1.00 e. The highest BCUT2D eigenvalue weighted by Gasteiger charge is 2.31. The molecule has 0 unspecified atom stereocenters. The molecular formula is C22H28IN3O. The van der Waals surface area contributed by atoms with E-state index in [1.165, 1.54) is 25.9 Å². The second-order valence-electron chi connectivity index (χ2n) is 7.79. The third-order valence-corrected chi connectivity index (χ3v) is 5.93. The summed E-state index contributed by atoms with van der Waals surface area (Å²) in [7, 11) is 2.33. The van der Waals surface area contributed by atoms with Crippen LogP contribution in [0.1, 0.15) is 23.2 Å². The molecule has 0 aliphatic carbocycles. The van der Waals surface area contributed by atoms with Gasteiger partial charge in [0.1, 0.15) is 0 Å². The topological polar surface area (TPSA) is 23.6 Å². The van der Waals surface area contributed by atoms with Gasteiger partial charge in [-0.3, -0.25) is 4.79 Å². The fourth-order valence-electron chi connectivity index (χ4n) is 4.28. The number of rotatable bonds is 4. The molecule has 1 fully saturated rings. The second-order valence-corrected chi connectivity index (χ2v) is 7.79. The lowest BCUT2D eigenvalue weighted by molar-refractivity contribution is -0.897. The number of quaternary nitrogens is 1. The van der Waals surface area contributed by atoms with Crippen LogP contribution >= 0.6 is 0 Å². The molecule has 0 atom stereocenters. The molecule has 144 valence electrons. The van der Waals surface area contributed by atoms with E-state index in [0.29, 0.717) is 0 Å². The average Bonchev–Trinajstić information content (AvgIpc) is 3.06. The van der Waals surface area contributed by atoms with Gasteiger partial charge in [0.2, 0.25) is 0 Å². The number of para-hydroxylation sites is 2. The minimum Gasteiger partial charge on any atom is -1.00 e. The van der Waals surface area contributed by atoms with Crippen LogP contribution in [-0.4, -0.2) is 61.6 Å². The van der Waals surface area contributed by atoms with Crippen molar-refractivity contribution < 1.29 is 33.3 Å². The normalized spacial score (nSPS) is 18.6. The third-order valence-electron chi connectivity index (χ3n) is 5.93. The Balaban J connectivity index is 0.00000210. The van der Waals surface area contributed by atoms with Crippen LogP contribution in [0.2, 0.25) is 0 Å². The number of anilines is 2. The van der Waals surface area contributed by atoms with E-state index >= 15 is 0 Å². The van der Waals surface area contributed by atoms with Crippen molar-refractivity contribution in [2.45, 2.75) is 12.8 Å². The van der Waals surface area contributed by atoms with Crippen molar-refractivity contribution in [3.63, 3.8) is 0 Å². The number of carbonyl (C=O) groups is 1. The molecule has 1 saturated heterocycles. The number of benzene rings is 2. The van der Waals surface area contributed by atoms with Crippen molar-refractivity contribution in [3.8, 4) is 0 Å². The molecule has 0 aromatic heterocycles. The number of carbonyl (C=O) groups excluding carboxylic acids is 1. The monoisotopic (exact) mass is 477 g/mol. The summed E-state index contributed by atoms with van der Waals surface area (Å²) >= 11 is 0. The van der Waals surface area contributed by atoms with Crippen molar-refractivity contribution in [2.24, 2.45) is 0 Å². The molecule has 2 aliphatic heterocycles. The Bertz CT molecular complexity index is 774. The lowest BCUT2D eigenvalue weighted by Gasteiger charge is -2.32. The van der Waals surface area contributed by atoms with Crippen molar-refractivity contribution >= 4 is 17.3 Å². The maximum Gasteiger partial charge on any atom is 0.256 e. The van der Waals surface area contributed by atoms with E-state index in [1.807, 2.05) is 24.3 Å². The van der Waals surface area contributed by atoms with Crippen LogP contribution in [-0.2, 0) is 0 Å². The number of amides is 1. The van der Waals surface area contributed by atoms with E-state index in [1.54, 1.807) is 0 Å². The van der Waals surface area contributed by atoms with Crippen LogP contribution in [0, 0.1) is 0 Å². The number of hydrogen-bond donors (Lipinski definition) is 0. The summed E-state index contributed by atoms with van der Waals surface area (Å²) in [4.78, 5) is 17.6. The molecule has 0 spiro atoms. The first kappa shape index (κ1) is 20.1. The van der Waals surface area contributed by atoms with Gasteiger partial charge >= 0.3 is 0 Å². The van der Waals surface area contributed by atoms with E-state index in [-0.39, 0.29) is 29.9 Å². The number of hydrogen-bond acceptors (Lipinski definition) is 2. The number of likely N-dealkylation sites (N-methyl/N-ethyl adjacent to an activating group) is 1. The van der Waals surface area contributed by atoms with Crippen molar-refractivity contribution in [1.29, 1.82) is 0 Å². The Morgan fingerprint density at radius 1 is 0.926 bits per heavy atom. The summed E-state index contributed by atoms with van der Waals surface area (Å²) in [5.74, 6) is 0.171. The fraction of sp³-hybridized carbons (Fsp3) is 0.409. The molecular weight excluding hydrogens is 449 g/mol. The molecule has 2 aliphatic rings. The van der Waals surface area contributed by atoms with Gasteiger partial charge in [-0.05, 0) is 24.3 Å². The van der Waals surface area contributed by atoms with E-state index in [2.05, 4.69) is 47.2 Å². The first-order valence-corrected chi connectivity index (χ1v) is 9.71. The van der Waals surface area contributed by atoms with Gasteiger partial charge in [0.15, 0.2) is 0 Å². The number of fused-ring (bicyclic) bond motifs is 1. The summed E-state index contributed by atoms with van der Waals surface area (Å²) in [6.07, 6.45) is 2.63. The summed E-state index contributed by atoms with van der Waals surface area (Å²) < 4.78 is 1.10. The highest BCUT2D eigenvalue weighted by atomic mass is 127. The van der Waals surface area contributed by atoms with Crippen LogP contribution in [0.4, 0.5) is 11.4 Å². The van der Waals surface area contributed by atoms with Gasteiger partial charge in [-0.25, -0.2) is 0 Å². The molecule has 4 rings (SSSR count). The molecule has 4 nitrogen and oxygen atoms in total. The van der Waals surface area contributed by atoms with E-state index < -0.39 is 0 Å². The molecule has 27 heavy (non-hydrogen) atoms. The van der Waals surface area contributed by atoms with Crippen LogP contribution in [0.5, 0.6) is 0 Å². The SMILES string of the molecule is C[N+]1(CCN2CCN(c3ccccc3)c3ccccc3C2=O)CCCC1.[I-]. The van der Waals surface area contributed by atoms with Crippen LogP contribution in [0.25, 0.3) is 0 Å². The quantitative estimate of drug-likeness (QED) is 0.474. The Labute approximate surface area is 179 Å². The Kier molecular flexibility index (Phi) is 6.42. The van der Waals surface area contributed by atoms with E-state index in [9.17, 15) is 4.79 Å². The van der Waals surface area contributed by atoms with Gasteiger partial charge < -0.3 is 38.3 Å². The Morgan fingerprint density at radius 3 is 2.33 bits per heavy atom. The maximum atomic E-state index is 13.2.